The second kappa shape index (κ2) is 9.99. The quantitative estimate of drug-likeness (QED) is 0.281. The summed E-state index contributed by atoms with van der Waals surface area (Å²) in [6, 6.07) is 10.9. The zero-order valence-corrected chi connectivity index (χ0v) is 18.7. The van der Waals surface area contributed by atoms with Gasteiger partial charge in [-0.15, -0.1) is 10.2 Å². The van der Waals surface area contributed by atoms with Crippen molar-refractivity contribution >= 4 is 52.2 Å². The number of aromatic nitrogens is 3. The van der Waals surface area contributed by atoms with Gasteiger partial charge in [0.1, 0.15) is 12.4 Å². The third-order valence-corrected chi connectivity index (χ3v) is 5.96. The maximum absolute atomic E-state index is 12.6. The minimum absolute atomic E-state index is 0.150. The molecule has 12 heteroatoms. The lowest BCUT2D eigenvalue weighted by Gasteiger charge is -2.13. The standard InChI is InChI=1S/C19H17Cl2N5O4S/c1-11(18(27)22-15-9-12(26(28)29)7-8-13(15)20)31-19-24-23-17(25(19)2)10-30-16-6-4-3-5-14(16)21/h3-9,11H,10H2,1-2H3,(H,22,27)/t11-/m0/s1. The number of benzene rings is 2. The molecule has 0 unspecified atom stereocenters. The number of nitro benzene ring substituents is 1. The molecule has 9 nitrogen and oxygen atoms in total. The molecule has 1 N–H and O–H groups in total. The number of hydrogen-bond donors (Lipinski definition) is 1. The van der Waals surface area contributed by atoms with Gasteiger partial charge in [-0.2, -0.15) is 0 Å². The van der Waals surface area contributed by atoms with Crippen LogP contribution < -0.4 is 10.1 Å². The van der Waals surface area contributed by atoms with E-state index in [0.29, 0.717) is 21.8 Å². The van der Waals surface area contributed by atoms with E-state index in [-0.39, 0.29) is 28.9 Å². The summed E-state index contributed by atoms with van der Waals surface area (Å²) in [6.45, 7) is 1.83. The molecule has 1 heterocycles. The van der Waals surface area contributed by atoms with Gasteiger partial charge in [-0.1, -0.05) is 47.1 Å². The minimum Gasteiger partial charge on any atom is -0.484 e. The molecule has 0 radical (unpaired) electrons. The summed E-state index contributed by atoms with van der Waals surface area (Å²) >= 11 is 13.3. The van der Waals surface area contributed by atoms with E-state index in [1.807, 2.05) is 6.07 Å². The minimum atomic E-state index is -0.574. The Morgan fingerprint density at radius 2 is 2.00 bits per heavy atom. The van der Waals surface area contributed by atoms with E-state index in [9.17, 15) is 14.9 Å². The van der Waals surface area contributed by atoms with Crippen LogP contribution in [0.5, 0.6) is 5.75 Å². The number of carbonyl (C=O) groups is 1. The highest BCUT2D eigenvalue weighted by atomic mass is 35.5. The highest BCUT2D eigenvalue weighted by Gasteiger charge is 2.21. The van der Waals surface area contributed by atoms with Gasteiger partial charge in [-0.05, 0) is 25.1 Å². The van der Waals surface area contributed by atoms with Gasteiger partial charge in [-0.3, -0.25) is 14.9 Å². The zero-order valence-electron chi connectivity index (χ0n) is 16.4. The molecule has 31 heavy (non-hydrogen) atoms. The van der Waals surface area contributed by atoms with E-state index in [0.717, 1.165) is 0 Å². The smallest absolute Gasteiger partial charge is 0.271 e. The van der Waals surface area contributed by atoms with Crippen LogP contribution in [0.3, 0.4) is 0 Å². The molecule has 0 spiro atoms. The van der Waals surface area contributed by atoms with Crippen molar-refractivity contribution in [1.29, 1.82) is 0 Å². The van der Waals surface area contributed by atoms with Crippen LogP contribution in [0.15, 0.2) is 47.6 Å². The van der Waals surface area contributed by atoms with Gasteiger partial charge >= 0.3 is 0 Å². The molecule has 1 aromatic heterocycles. The number of halogens is 2. The summed E-state index contributed by atoms with van der Waals surface area (Å²) in [5.41, 5.74) is -0.00317. The lowest BCUT2D eigenvalue weighted by molar-refractivity contribution is -0.384. The van der Waals surface area contributed by atoms with Crippen molar-refractivity contribution in [1.82, 2.24) is 14.8 Å². The van der Waals surface area contributed by atoms with Crippen LogP contribution in [0.25, 0.3) is 0 Å². The van der Waals surface area contributed by atoms with Crippen molar-refractivity contribution in [3.05, 3.63) is 68.4 Å². The van der Waals surface area contributed by atoms with Gasteiger partial charge in [0.25, 0.3) is 5.69 Å². The lowest BCUT2D eigenvalue weighted by atomic mass is 10.2. The van der Waals surface area contributed by atoms with Crippen molar-refractivity contribution in [3.63, 3.8) is 0 Å². The molecule has 0 saturated carbocycles. The number of anilines is 1. The lowest BCUT2D eigenvalue weighted by Crippen LogP contribution is -2.23. The fourth-order valence-electron chi connectivity index (χ4n) is 2.45. The van der Waals surface area contributed by atoms with Crippen LogP contribution in [0.2, 0.25) is 10.0 Å². The summed E-state index contributed by atoms with van der Waals surface area (Å²) in [6.07, 6.45) is 0. The molecule has 0 aliphatic rings. The number of carbonyl (C=O) groups excluding carboxylic acids is 1. The van der Waals surface area contributed by atoms with Gasteiger partial charge in [0, 0.05) is 19.2 Å². The maximum Gasteiger partial charge on any atom is 0.271 e. The molecule has 1 atom stereocenters. The number of nitrogens with one attached hydrogen (secondary N) is 1. The first-order chi connectivity index (χ1) is 14.8. The molecule has 0 aliphatic heterocycles. The van der Waals surface area contributed by atoms with Crippen molar-refractivity contribution < 1.29 is 14.5 Å². The Balaban J connectivity index is 1.63. The predicted octanol–water partition coefficient (Wildman–Crippen LogP) is 4.73. The largest absolute Gasteiger partial charge is 0.484 e. The van der Waals surface area contributed by atoms with Crippen molar-refractivity contribution in [3.8, 4) is 5.75 Å². The molecular formula is C19H17Cl2N5O4S. The van der Waals surface area contributed by atoms with Crippen molar-refractivity contribution in [2.75, 3.05) is 5.32 Å². The molecule has 3 aromatic rings. The third kappa shape index (κ3) is 5.66. The van der Waals surface area contributed by atoms with Crippen LogP contribution in [0.1, 0.15) is 12.7 Å². The fourth-order valence-corrected chi connectivity index (χ4v) is 3.63. The number of non-ortho nitro benzene ring substituents is 1. The summed E-state index contributed by atoms with van der Waals surface area (Å²) in [5, 5.41) is 22.4. The van der Waals surface area contributed by atoms with Crippen LogP contribution >= 0.6 is 35.0 Å². The zero-order chi connectivity index (χ0) is 22.5. The Bertz CT molecular complexity index is 1120. The molecule has 1 amide bonds. The second-order valence-electron chi connectivity index (χ2n) is 6.35. The van der Waals surface area contributed by atoms with E-state index in [4.69, 9.17) is 27.9 Å². The van der Waals surface area contributed by atoms with Gasteiger partial charge in [0.15, 0.2) is 11.0 Å². The highest BCUT2D eigenvalue weighted by molar-refractivity contribution is 8.00. The van der Waals surface area contributed by atoms with Crippen LogP contribution in [-0.2, 0) is 18.4 Å². The number of rotatable bonds is 8. The number of nitrogens with zero attached hydrogens (tertiary/aromatic N) is 4. The molecule has 3 rings (SSSR count). The Morgan fingerprint density at radius 3 is 2.71 bits per heavy atom. The summed E-state index contributed by atoms with van der Waals surface area (Å²) in [7, 11) is 1.76. The number of hydrogen-bond acceptors (Lipinski definition) is 7. The molecule has 0 aliphatic carbocycles. The fraction of sp³-hybridized carbons (Fsp3) is 0.211. The molecular weight excluding hydrogens is 465 g/mol. The molecule has 0 bridgehead atoms. The first kappa shape index (κ1) is 22.9. The Morgan fingerprint density at radius 1 is 1.26 bits per heavy atom. The molecule has 0 fully saturated rings. The normalized spacial score (nSPS) is 11.7. The van der Waals surface area contributed by atoms with Crippen LogP contribution in [-0.4, -0.2) is 30.8 Å². The van der Waals surface area contributed by atoms with E-state index in [1.54, 1.807) is 36.7 Å². The maximum atomic E-state index is 12.6. The Hall–Kier alpha value is -2.82. The van der Waals surface area contributed by atoms with Crippen molar-refractivity contribution in [2.24, 2.45) is 7.05 Å². The topological polar surface area (TPSA) is 112 Å². The SMILES string of the molecule is C[C@H](Sc1nnc(COc2ccccc2Cl)n1C)C(=O)Nc1cc([N+](=O)[O-])ccc1Cl. The second-order valence-corrected chi connectivity index (χ2v) is 8.47. The average molecular weight is 482 g/mol. The summed E-state index contributed by atoms with van der Waals surface area (Å²) < 4.78 is 7.39. The van der Waals surface area contributed by atoms with Crippen molar-refractivity contribution in [2.45, 2.75) is 23.9 Å². The number of thioether (sulfide) groups is 1. The molecule has 162 valence electrons. The summed E-state index contributed by atoms with van der Waals surface area (Å²) in [5.74, 6) is 0.698. The Labute approximate surface area is 191 Å². The third-order valence-electron chi connectivity index (χ3n) is 4.19. The first-order valence-corrected chi connectivity index (χ1v) is 10.6. The number of nitro groups is 1. The Kier molecular flexibility index (Phi) is 7.37. The number of ether oxygens (including phenoxy) is 1. The molecule has 0 saturated heterocycles. The highest BCUT2D eigenvalue weighted by Crippen LogP contribution is 2.29. The van der Waals surface area contributed by atoms with Crippen LogP contribution in [0.4, 0.5) is 11.4 Å². The average Bonchev–Trinajstić information content (AvgIpc) is 3.08. The predicted molar refractivity (Wildman–Crippen MR) is 119 cm³/mol. The first-order valence-electron chi connectivity index (χ1n) is 8.93. The van der Waals surface area contributed by atoms with Gasteiger partial charge in [0.05, 0.1) is 25.9 Å². The summed E-state index contributed by atoms with van der Waals surface area (Å²) in [4.78, 5) is 22.9. The van der Waals surface area contributed by atoms with E-state index in [1.165, 1.54) is 30.0 Å². The monoisotopic (exact) mass is 481 g/mol. The van der Waals surface area contributed by atoms with Crippen LogP contribution in [0, 0.1) is 10.1 Å². The van der Waals surface area contributed by atoms with E-state index >= 15 is 0 Å². The van der Waals surface area contributed by atoms with E-state index < -0.39 is 10.2 Å². The van der Waals surface area contributed by atoms with Gasteiger partial charge < -0.3 is 14.6 Å². The van der Waals surface area contributed by atoms with Gasteiger partial charge in [-0.25, -0.2) is 0 Å². The number of para-hydroxylation sites is 1. The number of amides is 1. The molecule has 2 aromatic carbocycles. The van der Waals surface area contributed by atoms with E-state index in [2.05, 4.69) is 15.5 Å². The van der Waals surface area contributed by atoms with Gasteiger partial charge in [0.2, 0.25) is 5.91 Å².